The molecule has 1 fully saturated rings. The van der Waals surface area contributed by atoms with Crippen molar-refractivity contribution in [1.29, 1.82) is 0 Å². The van der Waals surface area contributed by atoms with Gasteiger partial charge in [-0.2, -0.15) is 5.10 Å². The number of para-hydroxylation sites is 1. The number of nitrogens with one attached hydrogen (secondary N) is 1. The second-order valence-corrected chi connectivity index (χ2v) is 8.63. The van der Waals surface area contributed by atoms with Gasteiger partial charge < -0.3 is 14.8 Å². The number of nitrogens with zero attached hydrogens (tertiary/aromatic N) is 6. The van der Waals surface area contributed by atoms with Gasteiger partial charge in [0.1, 0.15) is 0 Å². The van der Waals surface area contributed by atoms with Crippen molar-refractivity contribution in [1.82, 2.24) is 34.5 Å². The van der Waals surface area contributed by atoms with Crippen molar-refractivity contribution in [3.05, 3.63) is 66.5 Å². The number of aromatic nitrogens is 5. The first-order valence-electron chi connectivity index (χ1n) is 10.5. The maximum absolute atomic E-state index is 12.6. The summed E-state index contributed by atoms with van der Waals surface area (Å²) in [4.78, 5) is 23.3. The lowest BCUT2D eigenvalue weighted by Gasteiger charge is -2.47. The highest BCUT2D eigenvalue weighted by Gasteiger charge is 2.51. The van der Waals surface area contributed by atoms with Gasteiger partial charge >= 0.3 is 6.03 Å². The highest BCUT2D eigenvalue weighted by Crippen LogP contribution is 2.43. The molecule has 5 heterocycles. The number of urea groups is 1. The summed E-state index contributed by atoms with van der Waals surface area (Å²) in [6.07, 6.45) is 6.57. The van der Waals surface area contributed by atoms with Crippen LogP contribution in [0.25, 0.3) is 22.2 Å². The van der Waals surface area contributed by atoms with E-state index < -0.39 is 0 Å². The number of carbonyl (C=O) groups excluding carboxylic acids is 1. The summed E-state index contributed by atoms with van der Waals surface area (Å²) < 4.78 is 3.98. The van der Waals surface area contributed by atoms with Crippen molar-refractivity contribution in [3.63, 3.8) is 0 Å². The summed E-state index contributed by atoms with van der Waals surface area (Å²) in [5, 5.41) is 8.93. The normalized spacial score (nSPS) is 16.5. The Morgan fingerprint density at radius 3 is 2.90 bits per heavy atom. The quantitative estimate of drug-likeness (QED) is 0.560. The fourth-order valence-corrected chi connectivity index (χ4v) is 4.80. The van der Waals surface area contributed by atoms with Gasteiger partial charge in [0, 0.05) is 61.1 Å². The van der Waals surface area contributed by atoms with Crippen molar-refractivity contribution in [2.45, 2.75) is 24.9 Å². The molecule has 2 amide bonds. The molecule has 0 unspecified atom stereocenters. The molecule has 4 aromatic rings. The number of carbonyl (C=O) groups is 1. The lowest BCUT2D eigenvalue weighted by atomic mass is 9.76. The summed E-state index contributed by atoms with van der Waals surface area (Å²) in [6, 6.07) is 12.4. The Hall–Kier alpha value is -3.68. The van der Waals surface area contributed by atoms with Crippen molar-refractivity contribution in [2.75, 3.05) is 13.1 Å². The molecule has 2 aliphatic heterocycles. The van der Waals surface area contributed by atoms with Crippen LogP contribution in [0.5, 0.6) is 0 Å². The molecule has 1 spiro atoms. The lowest BCUT2D eigenvalue weighted by molar-refractivity contribution is 0.0919. The minimum absolute atomic E-state index is 0.0118. The first-order chi connectivity index (χ1) is 15.1. The lowest BCUT2D eigenvalue weighted by Crippen LogP contribution is -2.62. The molecule has 3 aromatic heterocycles. The van der Waals surface area contributed by atoms with E-state index in [1.165, 1.54) is 5.69 Å². The number of fused-ring (bicyclic) bond motifs is 3. The number of aryl methyl sites for hydroxylation is 2. The summed E-state index contributed by atoms with van der Waals surface area (Å²) in [6.45, 7) is 2.78. The van der Waals surface area contributed by atoms with E-state index in [2.05, 4.69) is 38.2 Å². The average molecular weight is 413 g/mol. The molecule has 156 valence electrons. The number of imidazole rings is 1. The van der Waals surface area contributed by atoms with Gasteiger partial charge in [-0.25, -0.2) is 9.78 Å². The molecule has 1 saturated heterocycles. The molecule has 1 N–H and O–H groups in total. The highest BCUT2D eigenvalue weighted by atomic mass is 16.2. The SMILES string of the molecule is Cn1cnc(CNC(=O)N2CC3(CCn4nc(-c5cnc6ccccc6c5)cc43)C2)c1. The van der Waals surface area contributed by atoms with E-state index in [4.69, 9.17) is 5.10 Å². The molecule has 6 rings (SSSR count). The number of rotatable bonds is 3. The van der Waals surface area contributed by atoms with Crippen LogP contribution >= 0.6 is 0 Å². The molecule has 31 heavy (non-hydrogen) atoms. The second-order valence-electron chi connectivity index (χ2n) is 8.63. The largest absolute Gasteiger partial charge is 0.340 e. The molecular weight excluding hydrogens is 390 g/mol. The monoisotopic (exact) mass is 413 g/mol. The minimum Gasteiger partial charge on any atom is -0.340 e. The number of likely N-dealkylation sites (tertiary alicyclic amines) is 1. The summed E-state index contributed by atoms with van der Waals surface area (Å²) in [5.41, 5.74) is 5.06. The third-order valence-corrected chi connectivity index (χ3v) is 6.47. The van der Waals surface area contributed by atoms with E-state index in [1.54, 1.807) is 6.33 Å². The van der Waals surface area contributed by atoms with Crippen molar-refractivity contribution in [2.24, 2.45) is 7.05 Å². The topological polar surface area (TPSA) is 80.9 Å². The number of pyridine rings is 1. The van der Waals surface area contributed by atoms with Gasteiger partial charge in [0.05, 0.1) is 29.8 Å². The van der Waals surface area contributed by atoms with Crippen LogP contribution in [0.2, 0.25) is 0 Å². The van der Waals surface area contributed by atoms with E-state index in [0.717, 1.165) is 53.9 Å². The van der Waals surface area contributed by atoms with Crippen molar-refractivity contribution >= 4 is 16.9 Å². The average Bonchev–Trinajstić information content (AvgIpc) is 3.45. The second kappa shape index (κ2) is 6.66. The zero-order valence-corrected chi connectivity index (χ0v) is 17.3. The molecule has 8 heteroatoms. The Kier molecular flexibility index (Phi) is 3.89. The van der Waals surface area contributed by atoms with Gasteiger partial charge in [-0.05, 0) is 24.6 Å². The van der Waals surface area contributed by atoms with E-state index in [9.17, 15) is 4.79 Å². The van der Waals surface area contributed by atoms with E-state index >= 15 is 0 Å². The number of hydrogen-bond acceptors (Lipinski definition) is 4. The molecule has 0 saturated carbocycles. The Morgan fingerprint density at radius 2 is 2.06 bits per heavy atom. The van der Waals surface area contributed by atoms with Crippen LogP contribution in [0.15, 0.2) is 55.1 Å². The first-order valence-corrected chi connectivity index (χ1v) is 10.5. The fourth-order valence-electron chi connectivity index (χ4n) is 4.80. The molecule has 0 atom stereocenters. The fraction of sp³-hybridized carbons (Fsp3) is 0.304. The van der Waals surface area contributed by atoms with Gasteiger partial charge in [0.15, 0.2) is 0 Å². The van der Waals surface area contributed by atoms with E-state index in [0.29, 0.717) is 6.54 Å². The third-order valence-electron chi connectivity index (χ3n) is 6.47. The maximum atomic E-state index is 12.6. The van der Waals surface area contributed by atoms with Gasteiger partial charge in [-0.15, -0.1) is 0 Å². The minimum atomic E-state index is -0.0341. The molecule has 0 aliphatic carbocycles. The Balaban J connectivity index is 1.17. The molecular formula is C23H23N7O. The maximum Gasteiger partial charge on any atom is 0.317 e. The van der Waals surface area contributed by atoms with Gasteiger partial charge in [-0.3, -0.25) is 9.67 Å². The zero-order valence-electron chi connectivity index (χ0n) is 17.3. The van der Waals surface area contributed by atoms with Gasteiger partial charge in [0.25, 0.3) is 0 Å². The summed E-state index contributed by atoms with van der Waals surface area (Å²) >= 11 is 0. The predicted molar refractivity (Wildman–Crippen MR) is 116 cm³/mol. The smallest absolute Gasteiger partial charge is 0.317 e. The molecule has 0 bridgehead atoms. The summed E-state index contributed by atoms with van der Waals surface area (Å²) in [5.74, 6) is 0. The zero-order chi connectivity index (χ0) is 21.0. The standard InChI is InChI=1S/C23H23N7O/c1-28-12-18(26-15-28)11-25-22(31)29-13-23(14-29)6-7-30-21(23)9-20(27-30)17-8-16-4-2-3-5-19(16)24-10-17/h2-5,8-10,12,15H,6-7,11,13-14H2,1H3,(H,25,31). The van der Waals surface area contributed by atoms with E-state index in [1.807, 2.05) is 47.1 Å². The predicted octanol–water partition coefficient (Wildman–Crippen LogP) is 2.70. The molecule has 1 aromatic carbocycles. The third kappa shape index (κ3) is 2.98. The van der Waals surface area contributed by atoms with Crippen LogP contribution in [0.1, 0.15) is 17.8 Å². The summed E-state index contributed by atoms with van der Waals surface area (Å²) in [7, 11) is 1.92. The Labute approximate surface area is 179 Å². The molecule has 0 radical (unpaired) electrons. The van der Waals surface area contributed by atoms with Crippen LogP contribution in [-0.4, -0.2) is 48.3 Å². The van der Waals surface area contributed by atoms with Crippen LogP contribution in [-0.2, 0) is 25.6 Å². The van der Waals surface area contributed by atoms with Crippen LogP contribution in [0.4, 0.5) is 4.79 Å². The van der Waals surface area contributed by atoms with Crippen LogP contribution in [0.3, 0.4) is 0 Å². The van der Waals surface area contributed by atoms with E-state index in [-0.39, 0.29) is 11.4 Å². The van der Waals surface area contributed by atoms with Gasteiger partial charge in [-0.1, -0.05) is 18.2 Å². The number of hydrogen-bond donors (Lipinski definition) is 1. The molecule has 8 nitrogen and oxygen atoms in total. The van der Waals surface area contributed by atoms with Gasteiger partial charge in [0.2, 0.25) is 0 Å². The highest BCUT2D eigenvalue weighted by molar-refractivity contribution is 5.83. The number of benzene rings is 1. The Bertz CT molecular complexity index is 1300. The van der Waals surface area contributed by atoms with Crippen molar-refractivity contribution in [3.8, 4) is 11.3 Å². The molecule has 2 aliphatic rings. The number of amides is 2. The first kappa shape index (κ1) is 18.1. The van der Waals surface area contributed by atoms with Crippen LogP contribution < -0.4 is 5.32 Å². The Morgan fingerprint density at radius 1 is 1.19 bits per heavy atom. The van der Waals surface area contributed by atoms with Crippen LogP contribution in [0, 0.1) is 0 Å². The van der Waals surface area contributed by atoms with Crippen molar-refractivity contribution < 1.29 is 4.79 Å².